The molecular weight excluding hydrogens is 172 g/mol. The molecule has 1 aromatic heterocycles. The second-order valence-electron chi connectivity index (χ2n) is 3.37. The van der Waals surface area contributed by atoms with E-state index < -0.39 is 0 Å². The Balaban J connectivity index is 2.58. The van der Waals surface area contributed by atoms with Crippen LogP contribution in [-0.4, -0.2) is 9.97 Å². The topological polar surface area (TPSA) is 25.8 Å². The fourth-order valence-electron chi connectivity index (χ4n) is 1.50. The smallest absolute Gasteiger partial charge is 0.115 e. The van der Waals surface area contributed by atoms with Gasteiger partial charge in [0.2, 0.25) is 0 Å². The van der Waals surface area contributed by atoms with Gasteiger partial charge in [0.05, 0.1) is 0 Å². The van der Waals surface area contributed by atoms with Gasteiger partial charge in [-0.1, -0.05) is 18.2 Å². The van der Waals surface area contributed by atoms with Gasteiger partial charge in [0, 0.05) is 18.0 Å². The average Bonchev–Trinajstić information content (AvgIpc) is 2.23. The van der Waals surface area contributed by atoms with Crippen LogP contribution in [0.4, 0.5) is 0 Å². The molecule has 0 atom stereocenters. The molecule has 0 saturated carbocycles. The Labute approximate surface area is 83.7 Å². The van der Waals surface area contributed by atoms with E-state index in [4.69, 9.17) is 0 Å². The van der Waals surface area contributed by atoms with Crippen LogP contribution in [0.3, 0.4) is 0 Å². The zero-order chi connectivity index (χ0) is 9.97. The van der Waals surface area contributed by atoms with Crippen molar-refractivity contribution in [2.45, 2.75) is 13.8 Å². The van der Waals surface area contributed by atoms with Gasteiger partial charge in [0.25, 0.3) is 0 Å². The van der Waals surface area contributed by atoms with Crippen molar-refractivity contribution in [3.63, 3.8) is 0 Å². The molecule has 0 bridgehead atoms. The molecule has 0 aliphatic carbocycles. The van der Waals surface area contributed by atoms with E-state index in [1.165, 1.54) is 16.7 Å². The Morgan fingerprint density at radius 1 is 1.00 bits per heavy atom. The molecule has 0 spiro atoms. The van der Waals surface area contributed by atoms with Crippen LogP contribution in [-0.2, 0) is 0 Å². The Hall–Kier alpha value is -1.70. The summed E-state index contributed by atoms with van der Waals surface area (Å²) in [7, 11) is 0. The third kappa shape index (κ3) is 1.51. The Kier molecular flexibility index (Phi) is 2.27. The Morgan fingerprint density at radius 2 is 1.71 bits per heavy atom. The predicted octanol–water partition coefficient (Wildman–Crippen LogP) is 2.76. The molecule has 2 rings (SSSR count). The van der Waals surface area contributed by atoms with E-state index in [0.717, 1.165) is 5.56 Å². The van der Waals surface area contributed by atoms with Gasteiger partial charge in [-0.25, -0.2) is 9.97 Å². The molecular formula is C12H12N2. The number of hydrogen-bond donors (Lipinski definition) is 0. The maximum absolute atomic E-state index is 4.02. The lowest BCUT2D eigenvalue weighted by molar-refractivity contribution is 1.17. The van der Waals surface area contributed by atoms with Gasteiger partial charge < -0.3 is 0 Å². The van der Waals surface area contributed by atoms with Gasteiger partial charge >= 0.3 is 0 Å². The van der Waals surface area contributed by atoms with E-state index in [9.17, 15) is 0 Å². The SMILES string of the molecule is Cc1cccc(-c2cncnc2)c1C. The third-order valence-corrected chi connectivity index (χ3v) is 2.48. The minimum absolute atomic E-state index is 1.08. The zero-order valence-corrected chi connectivity index (χ0v) is 8.36. The number of nitrogens with zero attached hydrogens (tertiary/aromatic N) is 2. The van der Waals surface area contributed by atoms with E-state index in [1.807, 2.05) is 12.4 Å². The fraction of sp³-hybridized carbons (Fsp3) is 0.167. The van der Waals surface area contributed by atoms with Gasteiger partial charge in [-0.15, -0.1) is 0 Å². The number of benzene rings is 1. The van der Waals surface area contributed by atoms with E-state index in [2.05, 4.69) is 42.0 Å². The standard InChI is InChI=1S/C12H12N2/c1-9-4-3-5-12(10(9)2)11-6-13-8-14-7-11/h3-8H,1-2H3. The van der Waals surface area contributed by atoms with Crippen LogP contribution < -0.4 is 0 Å². The van der Waals surface area contributed by atoms with Crippen LogP contribution in [0.15, 0.2) is 36.9 Å². The highest BCUT2D eigenvalue weighted by atomic mass is 14.8. The normalized spacial score (nSPS) is 10.1. The molecule has 2 heteroatoms. The molecule has 70 valence electrons. The maximum Gasteiger partial charge on any atom is 0.115 e. The molecule has 0 fully saturated rings. The van der Waals surface area contributed by atoms with Crippen LogP contribution in [0.1, 0.15) is 11.1 Å². The molecule has 0 amide bonds. The number of aryl methyl sites for hydroxylation is 1. The summed E-state index contributed by atoms with van der Waals surface area (Å²) < 4.78 is 0. The van der Waals surface area contributed by atoms with Gasteiger partial charge in [0.15, 0.2) is 0 Å². The maximum atomic E-state index is 4.02. The first-order valence-electron chi connectivity index (χ1n) is 4.60. The van der Waals surface area contributed by atoms with Gasteiger partial charge in [0.1, 0.15) is 6.33 Å². The number of aromatic nitrogens is 2. The molecule has 2 aromatic rings. The first-order valence-corrected chi connectivity index (χ1v) is 4.60. The highest BCUT2D eigenvalue weighted by molar-refractivity contribution is 5.66. The summed E-state index contributed by atoms with van der Waals surface area (Å²) >= 11 is 0. The Bertz CT molecular complexity index is 435. The summed E-state index contributed by atoms with van der Waals surface area (Å²) in [5.41, 5.74) is 4.88. The van der Waals surface area contributed by atoms with Crippen molar-refractivity contribution >= 4 is 0 Å². The average molecular weight is 184 g/mol. The Morgan fingerprint density at radius 3 is 2.43 bits per heavy atom. The van der Waals surface area contributed by atoms with Crippen LogP contribution in [0, 0.1) is 13.8 Å². The summed E-state index contributed by atoms with van der Waals surface area (Å²) in [6, 6.07) is 6.27. The molecule has 1 aromatic carbocycles. The van der Waals surface area contributed by atoms with E-state index in [1.54, 1.807) is 6.33 Å². The van der Waals surface area contributed by atoms with Crippen LogP contribution in [0.2, 0.25) is 0 Å². The molecule has 0 radical (unpaired) electrons. The highest BCUT2D eigenvalue weighted by Crippen LogP contribution is 2.23. The third-order valence-electron chi connectivity index (χ3n) is 2.48. The van der Waals surface area contributed by atoms with Crippen molar-refractivity contribution in [2.75, 3.05) is 0 Å². The molecule has 0 unspecified atom stereocenters. The highest BCUT2D eigenvalue weighted by Gasteiger charge is 2.02. The molecule has 0 aliphatic heterocycles. The first kappa shape index (κ1) is 8.88. The predicted molar refractivity (Wildman–Crippen MR) is 56.9 cm³/mol. The molecule has 0 aliphatic rings. The van der Waals surface area contributed by atoms with Crippen LogP contribution in [0.25, 0.3) is 11.1 Å². The van der Waals surface area contributed by atoms with E-state index >= 15 is 0 Å². The van der Waals surface area contributed by atoms with Gasteiger partial charge in [-0.3, -0.25) is 0 Å². The van der Waals surface area contributed by atoms with Crippen molar-refractivity contribution < 1.29 is 0 Å². The first-order chi connectivity index (χ1) is 6.79. The van der Waals surface area contributed by atoms with Crippen molar-refractivity contribution in [3.05, 3.63) is 48.0 Å². The van der Waals surface area contributed by atoms with Crippen molar-refractivity contribution in [1.29, 1.82) is 0 Å². The summed E-state index contributed by atoms with van der Waals surface area (Å²) in [6.07, 6.45) is 5.23. The summed E-state index contributed by atoms with van der Waals surface area (Å²) in [5.74, 6) is 0. The van der Waals surface area contributed by atoms with Gasteiger partial charge in [-0.05, 0) is 30.5 Å². The van der Waals surface area contributed by atoms with E-state index in [0.29, 0.717) is 0 Å². The number of rotatable bonds is 1. The lowest BCUT2D eigenvalue weighted by Gasteiger charge is -2.07. The van der Waals surface area contributed by atoms with E-state index in [-0.39, 0.29) is 0 Å². The largest absolute Gasteiger partial charge is 0.244 e. The fourth-order valence-corrected chi connectivity index (χ4v) is 1.50. The van der Waals surface area contributed by atoms with Crippen LogP contribution in [0.5, 0.6) is 0 Å². The molecule has 2 nitrogen and oxygen atoms in total. The number of hydrogen-bond acceptors (Lipinski definition) is 2. The van der Waals surface area contributed by atoms with Crippen molar-refractivity contribution in [3.8, 4) is 11.1 Å². The summed E-state index contributed by atoms with van der Waals surface area (Å²) in [5, 5.41) is 0. The zero-order valence-electron chi connectivity index (χ0n) is 8.36. The second-order valence-corrected chi connectivity index (χ2v) is 3.37. The molecule has 0 N–H and O–H groups in total. The van der Waals surface area contributed by atoms with Crippen molar-refractivity contribution in [2.24, 2.45) is 0 Å². The molecule has 1 heterocycles. The van der Waals surface area contributed by atoms with Gasteiger partial charge in [-0.2, -0.15) is 0 Å². The molecule has 0 saturated heterocycles. The minimum atomic E-state index is 1.08. The van der Waals surface area contributed by atoms with Crippen molar-refractivity contribution in [1.82, 2.24) is 9.97 Å². The monoisotopic (exact) mass is 184 g/mol. The second kappa shape index (κ2) is 3.58. The summed E-state index contributed by atoms with van der Waals surface area (Å²) in [4.78, 5) is 8.04. The molecule has 14 heavy (non-hydrogen) atoms. The minimum Gasteiger partial charge on any atom is -0.244 e. The lowest BCUT2D eigenvalue weighted by atomic mass is 9.99. The van der Waals surface area contributed by atoms with Crippen LogP contribution >= 0.6 is 0 Å². The summed E-state index contributed by atoms with van der Waals surface area (Å²) in [6.45, 7) is 4.24. The quantitative estimate of drug-likeness (QED) is 0.681. The lowest BCUT2D eigenvalue weighted by Crippen LogP contribution is -1.88.